The lowest BCUT2D eigenvalue weighted by atomic mass is 9.80. The number of benzene rings is 1. The van der Waals surface area contributed by atoms with Crippen molar-refractivity contribution in [3.05, 3.63) is 29.8 Å². The summed E-state index contributed by atoms with van der Waals surface area (Å²) in [6.07, 6.45) is 2.00. The van der Waals surface area contributed by atoms with E-state index in [0.717, 1.165) is 0 Å². The zero-order valence-electron chi connectivity index (χ0n) is 15.9. The zero-order valence-corrected chi connectivity index (χ0v) is 15.9. The molecule has 0 aromatic heterocycles. The monoisotopic (exact) mass is 377 g/mol. The van der Waals surface area contributed by atoms with E-state index in [1.54, 1.807) is 29.2 Å². The molecule has 7 nitrogen and oxygen atoms in total. The third kappa shape index (κ3) is 5.53. The number of likely N-dealkylation sites (tertiary alicyclic amines) is 1. The zero-order chi connectivity index (χ0) is 19.9. The van der Waals surface area contributed by atoms with Crippen LogP contribution in [0.5, 0.6) is 5.75 Å². The molecule has 1 aromatic carbocycles. The van der Waals surface area contributed by atoms with Gasteiger partial charge >= 0.3 is 5.97 Å². The molecule has 0 bridgehead atoms. The van der Waals surface area contributed by atoms with Gasteiger partial charge in [0.15, 0.2) is 5.78 Å². The molecule has 0 radical (unpaired) electrons. The van der Waals surface area contributed by atoms with Crippen LogP contribution in [0.4, 0.5) is 0 Å². The van der Waals surface area contributed by atoms with Crippen LogP contribution in [-0.2, 0) is 14.3 Å². The van der Waals surface area contributed by atoms with E-state index in [0.29, 0.717) is 50.1 Å². The van der Waals surface area contributed by atoms with Crippen molar-refractivity contribution in [1.82, 2.24) is 4.90 Å². The normalized spacial score (nSPS) is 19.6. The van der Waals surface area contributed by atoms with Crippen molar-refractivity contribution >= 4 is 17.7 Å². The number of amides is 1. The van der Waals surface area contributed by atoms with E-state index in [1.807, 2.05) is 0 Å². The average Bonchev–Trinajstić information content (AvgIpc) is 2.65. The number of carboxylic acids is 1. The minimum Gasteiger partial charge on any atom is -0.494 e. The predicted octanol–water partition coefficient (Wildman–Crippen LogP) is 2.39. The van der Waals surface area contributed by atoms with E-state index >= 15 is 0 Å². The fourth-order valence-electron chi connectivity index (χ4n) is 3.33. The Morgan fingerprint density at radius 1 is 1.22 bits per heavy atom. The van der Waals surface area contributed by atoms with Crippen LogP contribution in [0.3, 0.4) is 0 Å². The highest BCUT2D eigenvalue weighted by Gasteiger charge is 2.43. The molecule has 7 heteroatoms. The number of carboxylic acid groups (broad SMARTS) is 1. The molecule has 1 unspecified atom stereocenters. The third-order valence-corrected chi connectivity index (χ3v) is 4.87. The van der Waals surface area contributed by atoms with Crippen LogP contribution in [0.2, 0.25) is 0 Å². The molecule has 1 heterocycles. The Hall–Kier alpha value is -2.41. The highest BCUT2D eigenvalue weighted by molar-refractivity contribution is 5.94. The number of aliphatic carboxylic acids is 1. The highest BCUT2D eigenvalue weighted by Crippen LogP contribution is 2.31. The van der Waals surface area contributed by atoms with Gasteiger partial charge in [-0.1, -0.05) is 0 Å². The summed E-state index contributed by atoms with van der Waals surface area (Å²) in [5.74, 6) is -0.332. The van der Waals surface area contributed by atoms with Crippen LogP contribution in [0.25, 0.3) is 0 Å². The lowest BCUT2D eigenvalue weighted by molar-refractivity contribution is -0.159. The number of piperidine rings is 1. The van der Waals surface area contributed by atoms with Crippen LogP contribution in [0, 0.1) is 5.41 Å². The lowest BCUT2D eigenvalue weighted by Crippen LogP contribution is -2.52. The van der Waals surface area contributed by atoms with Gasteiger partial charge < -0.3 is 19.5 Å². The van der Waals surface area contributed by atoms with E-state index in [9.17, 15) is 19.5 Å². The molecule has 0 saturated carbocycles. The SMILES string of the molecule is COCC1(C(=O)O)CCCN(C(=O)CCCOc2ccc(C(C)=O)cc2)C1. The van der Waals surface area contributed by atoms with Gasteiger partial charge in [-0.05, 0) is 50.5 Å². The van der Waals surface area contributed by atoms with Crippen LogP contribution in [-0.4, -0.2) is 61.1 Å². The van der Waals surface area contributed by atoms with Crippen molar-refractivity contribution in [2.24, 2.45) is 5.41 Å². The molecule has 148 valence electrons. The first-order chi connectivity index (χ1) is 12.9. The number of ketones is 1. The first-order valence-corrected chi connectivity index (χ1v) is 9.12. The Morgan fingerprint density at radius 2 is 1.93 bits per heavy atom. The number of nitrogens with zero attached hydrogens (tertiary/aromatic N) is 1. The van der Waals surface area contributed by atoms with Crippen LogP contribution < -0.4 is 4.74 Å². The van der Waals surface area contributed by atoms with Crippen molar-refractivity contribution in [2.75, 3.05) is 33.4 Å². The summed E-state index contributed by atoms with van der Waals surface area (Å²) in [7, 11) is 1.48. The predicted molar refractivity (Wildman–Crippen MR) is 98.9 cm³/mol. The lowest BCUT2D eigenvalue weighted by Gasteiger charge is -2.39. The number of carbonyl (C=O) groups is 3. The molecule has 1 atom stereocenters. The Balaban J connectivity index is 1.79. The first kappa shape index (κ1) is 20.9. The summed E-state index contributed by atoms with van der Waals surface area (Å²) >= 11 is 0. The Labute approximate surface area is 159 Å². The largest absolute Gasteiger partial charge is 0.494 e. The summed E-state index contributed by atoms with van der Waals surface area (Å²) in [5, 5.41) is 9.55. The second-order valence-corrected chi connectivity index (χ2v) is 6.97. The fraction of sp³-hybridized carbons (Fsp3) is 0.550. The summed E-state index contributed by atoms with van der Waals surface area (Å²) in [6.45, 7) is 2.74. The molecule has 1 fully saturated rings. The number of Topliss-reactive ketones (excluding diaryl/α,β-unsaturated/α-hetero) is 1. The van der Waals surface area contributed by atoms with Crippen molar-refractivity contribution < 1.29 is 29.0 Å². The van der Waals surface area contributed by atoms with Gasteiger partial charge in [-0.3, -0.25) is 14.4 Å². The molecular formula is C20H27NO6. The first-order valence-electron chi connectivity index (χ1n) is 9.12. The van der Waals surface area contributed by atoms with Gasteiger partial charge in [0.2, 0.25) is 5.91 Å². The van der Waals surface area contributed by atoms with Crippen LogP contribution >= 0.6 is 0 Å². The Morgan fingerprint density at radius 3 is 2.52 bits per heavy atom. The average molecular weight is 377 g/mol. The molecule has 1 saturated heterocycles. The van der Waals surface area contributed by atoms with E-state index < -0.39 is 11.4 Å². The van der Waals surface area contributed by atoms with E-state index in [4.69, 9.17) is 9.47 Å². The van der Waals surface area contributed by atoms with Gasteiger partial charge in [-0.2, -0.15) is 0 Å². The van der Waals surface area contributed by atoms with Gasteiger partial charge in [-0.15, -0.1) is 0 Å². The number of ether oxygens (including phenoxy) is 2. The summed E-state index contributed by atoms with van der Waals surface area (Å²) < 4.78 is 10.7. The Kier molecular flexibility index (Phi) is 7.36. The number of hydrogen-bond acceptors (Lipinski definition) is 5. The molecule has 1 N–H and O–H groups in total. The number of carbonyl (C=O) groups excluding carboxylic acids is 2. The standard InChI is InChI=1S/C20H27NO6/c1-15(22)16-6-8-17(9-7-16)27-12-3-5-18(23)21-11-4-10-20(13-21,14-26-2)19(24)25/h6-9H,3-5,10-14H2,1-2H3,(H,24,25). The molecule has 0 spiro atoms. The molecule has 2 rings (SSSR count). The van der Waals surface area contributed by atoms with Gasteiger partial charge in [0.1, 0.15) is 11.2 Å². The van der Waals surface area contributed by atoms with Gasteiger partial charge in [0.25, 0.3) is 0 Å². The van der Waals surface area contributed by atoms with Crippen molar-refractivity contribution in [3.63, 3.8) is 0 Å². The van der Waals surface area contributed by atoms with Crippen molar-refractivity contribution in [2.45, 2.75) is 32.6 Å². The van der Waals surface area contributed by atoms with Gasteiger partial charge in [0.05, 0.1) is 13.2 Å². The number of hydrogen-bond donors (Lipinski definition) is 1. The van der Waals surface area contributed by atoms with Gasteiger partial charge in [-0.25, -0.2) is 0 Å². The van der Waals surface area contributed by atoms with Crippen molar-refractivity contribution in [3.8, 4) is 5.75 Å². The second kappa shape index (κ2) is 9.50. The maximum atomic E-state index is 12.4. The topological polar surface area (TPSA) is 93.1 Å². The molecule has 1 aliphatic heterocycles. The number of methoxy groups -OCH3 is 1. The second-order valence-electron chi connectivity index (χ2n) is 6.97. The molecule has 27 heavy (non-hydrogen) atoms. The molecule has 1 aromatic rings. The summed E-state index contributed by atoms with van der Waals surface area (Å²) in [5.41, 5.74) is -0.391. The third-order valence-electron chi connectivity index (χ3n) is 4.87. The number of rotatable bonds is 9. The maximum Gasteiger partial charge on any atom is 0.313 e. The van der Waals surface area contributed by atoms with Crippen LogP contribution in [0.1, 0.15) is 43.0 Å². The Bertz CT molecular complexity index is 668. The summed E-state index contributed by atoms with van der Waals surface area (Å²) in [4.78, 5) is 37.0. The van der Waals surface area contributed by atoms with Crippen molar-refractivity contribution in [1.29, 1.82) is 0 Å². The van der Waals surface area contributed by atoms with E-state index in [2.05, 4.69) is 0 Å². The van der Waals surface area contributed by atoms with E-state index in [-0.39, 0.29) is 24.8 Å². The smallest absolute Gasteiger partial charge is 0.313 e. The minimum atomic E-state index is -1.02. The molecule has 1 amide bonds. The summed E-state index contributed by atoms with van der Waals surface area (Å²) in [6, 6.07) is 6.87. The van der Waals surface area contributed by atoms with E-state index in [1.165, 1.54) is 14.0 Å². The molecule has 0 aliphatic carbocycles. The quantitative estimate of drug-likeness (QED) is 0.525. The minimum absolute atomic E-state index is 0.000382. The van der Waals surface area contributed by atoms with Gasteiger partial charge in [0, 0.05) is 32.2 Å². The highest BCUT2D eigenvalue weighted by atomic mass is 16.5. The van der Waals surface area contributed by atoms with Crippen LogP contribution in [0.15, 0.2) is 24.3 Å². The maximum absolute atomic E-state index is 12.4. The fourth-order valence-corrected chi connectivity index (χ4v) is 3.33. The molecule has 1 aliphatic rings. The molecular weight excluding hydrogens is 350 g/mol.